The van der Waals surface area contributed by atoms with Gasteiger partial charge in [0, 0.05) is 6.20 Å². The van der Waals surface area contributed by atoms with Crippen molar-refractivity contribution in [2.45, 2.75) is 0 Å². The van der Waals surface area contributed by atoms with Crippen LogP contribution in [0.5, 0.6) is 0 Å². The second kappa shape index (κ2) is 3.37. The molecular weight excluding hydrogens is 197 g/mol. The van der Waals surface area contributed by atoms with Crippen LogP contribution in [0.4, 0.5) is 0 Å². The van der Waals surface area contributed by atoms with Crippen LogP contribution in [0.25, 0.3) is 5.65 Å². The lowest BCUT2D eigenvalue weighted by Gasteiger charge is -2.01. The summed E-state index contributed by atoms with van der Waals surface area (Å²) in [7, 11) is -1.59. The number of rotatable bonds is 2. The lowest BCUT2D eigenvalue weighted by molar-refractivity contribution is 0.0994. The topological polar surface area (TPSA) is 101 Å². The van der Waals surface area contributed by atoms with Crippen molar-refractivity contribution in [1.82, 2.24) is 9.38 Å². The number of aromatic nitrogens is 2. The van der Waals surface area contributed by atoms with Crippen LogP contribution in [-0.2, 0) is 0 Å². The second-order valence-electron chi connectivity index (χ2n) is 3.07. The maximum Gasteiger partial charge on any atom is 0.489 e. The highest BCUT2D eigenvalue weighted by Gasteiger charge is 2.14. The molecule has 0 unspecified atom stereocenters. The first kappa shape index (κ1) is 9.69. The summed E-state index contributed by atoms with van der Waals surface area (Å²) in [5, 5.41) is 17.9. The van der Waals surface area contributed by atoms with E-state index in [9.17, 15) is 4.79 Å². The van der Waals surface area contributed by atoms with E-state index >= 15 is 0 Å². The molecule has 0 aliphatic carbocycles. The van der Waals surface area contributed by atoms with Gasteiger partial charge in [0.25, 0.3) is 5.91 Å². The number of nitrogens with zero attached hydrogens (tertiary/aromatic N) is 2. The summed E-state index contributed by atoms with van der Waals surface area (Å²) >= 11 is 0. The number of pyridine rings is 1. The molecule has 0 saturated heterocycles. The highest BCUT2D eigenvalue weighted by atomic mass is 16.4. The Morgan fingerprint density at radius 1 is 1.47 bits per heavy atom. The molecule has 2 rings (SSSR count). The molecule has 7 heteroatoms. The predicted molar refractivity (Wildman–Crippen MR) is 53.5 cm³/mol. The summed E-state index contributed by atoms with van der Waals surface area (Å²) in [6.45, 7) is 0. The van der Waals surface area contributed by atoms with Crippen LogP contribution in [0.15, 0.2) is 24.5 Å². The minimum Gasteiger partial charge on any atom is -0.423 e. The normalized spacial score (nSPS) is 10.5. The van der Waals surface area contributed by atoms with Crippen molar-refractivity contribution in [2.75, 3.05) is 0 Å². The molecule has 0 spiro atoms. The van der Waals surface area contributed by atoms with Crippen LogP contribution < -0.4 is 11.2 Å². The number of hydrogen-bond acceptors (Lipinski definition) is 4. The summed E-state index contributed by atoms with van der Waals surface area (Å²) in [6.07, 6.45) is 2.75. The van der Waals surface area contributed by atoms with Gasteiger partial charge in [0.05, 0.1) is 6.20 Å². The number of amides is 1. The van der Waals surface area contributed by atoms with Crippen molar-refractivity contribution in [3.05, 3.63) is 30.2 Å². The zero-order chi connectivity index (χ0) is 11.0. The van der Waals surface area contributed by atoms with E-state index in [-0.39, 0.29) is 11.2 Å². The quantitative estimate of drug-likeness (QED) is 0.499. The number of carbonyl (C=O) groups excluding carboxylic acids is 1. The fourth-order valence-electron chi connectivity index (χ4n) is 1.33. The van der Waals surface area contributed by atoms with Crippen LogP contribution in [0, 0.1) is 0 Å². The van der Waals surface area contributed by atoms with Crippen LogP contribution in [0.2, 0.25) is 0 Å². The van der Waals surface area contributed by atoms with E-state index in [4.69, 9.17) is 15.8 Å². The summed E-state index contributed by atoms with van der Waals surface area (Å²) in [4.78, 5) is 14.9. The number of carbonyl (C=O) groups is 1. The predicted octanol–water partition coefficient (Wildman–Crippen LogP) is -1.89. The molecule has 0 aliphatic rings. The Morgan fingerprint density at radius 3 is 2.80 bits per heavy atom. The van der Waals surface area contributed by atoms with Crippen LogP contribution in [0.3, 0.4) is 0 Å². The van der Waals surface area contributed by atoms with Gasteiger partial charge in [-0.3, -0.25) is 9.20 Å². The fourth-order valence-corrected chi connectivity index (χ4v) is 1.33. The van der Waals surface area contributed by atoms with Gasteiger partial charge in [0.15, 0.2) is 0 Å². The van der Waals surface area contributed by atoms with E-state index in [1.807, 2.05) is 0 Å². The SMILES string of the molecule is NC(=O)c1cnc2ccc(B(O)O)cn12. The summed E-state index contributed by atoms with van der Waals surface area (Å²) in [5.74, 6) is -0.618. The Balaban J connectivity index is 2.66. The van der Waals surface area contributed by atoms with E-state index < -0.39 is 13.0 Å². The molecule has 0 aliphatic heterocycles. The second-order valence-corrected chi connectivity index (χ2v) is 3.07. The molecule has 6 nitrogen and oxygen atoms in total. The zero-order valence-electron chi connectivity index (χ0n) is 7.66. The number of hydrogen-bond donors (Lipinski definition) is 3. The average molecular weight is 205 g/mol. The Bertz CT molecular complexity index is 523. The van der Waals surface area contributed by atoms with Crippen molar-refractivity contribution in [3.8, 4) is 0 Å². The first-order valence-electron chi connectivity index (χ1n) is 4.22. The zero-order valence-corrected chi connectivity index (χ0v) is 7.66. The number of imidazole rings is 1. The molecular formula is C8H8BN3O3. The molecule has 1 amide bonds. The van der Waals surface area contributed by atoms with E-state index in [0.717, 1.165) is 0 Å². The summed E-state index contributed by atoms with van der Waals surface area (Å²) in [5.41, 5.74) is 6.12. The van der Waals surface area contributed by atoms with E-state index in [1.165, 1.54) is 22.9 Å². The van der Waals surface area contributed by atoms with E-state index in [2.05, 4.69) is 4.98 Å². The molecule has 2 heterocycles. The fraction of sp³-hybridized carbons (Fsp3) is 0. The molecule has 2 aromatic heterocycles. The van der Waals surface area contributed by atoms with Gasteiger partial charge in [0.1, 0.15) is 11.3 Å². The highest BCUT2D eigenvalue weighted by Crippen LogP contribution is 2.04. The standard InChI is InChI=1S/C8H8BN3O3/c10-8(13)6-3-11-7-2-1-5(9(14)15)4-12(6)7/h1-4,14-15H,(H2,10,13). The third-order valence-corrected chi connectivity index (χ3v) is 2.08. The van der Waals surface area contributed by atoms with Gasteiger partial charge in [-0.15, -0.1) is 0 Å². The van der Waals surface area contributed by atoms with E-state index in [0.29, 0.717) is 5.65 Å². The molecule has 0 atom stereocenters. The van der Waals surface area contributed by atoms with Crippen LogP contribution in [-0.4, -0.2) is 32.5 Å². The molecule has 4 N–H and O–H groups in total. The van der Waals surface area contributed by atoms with Gasteiger partial charge in [-0.25, -0.2) is 4.98 Å². The van der Waals surface area contributed by atoms with Gasteiger partial charge < -0.3 is 15.8 Å². The van der Waals surface area contributed by atoms with Crippen molar-refractivity contribution in [1.29, 1.82) is 0 Å². The van der Waals surface area contributed by atoms with Crippen LogP contribution >= 0.6 is 0 Å². The number of fused-ring (bicyclic) bond motifs is 1. The minimum atomic E-state index is -1.59. The van der Waals surface area contributed by atoms with Gasteiger partial charge in [-0.1, -0.05) is 6.07 Å². The van der Waals surface area contributed by atoms with Gasteiger partial charge in [-0.05, 0) is 11.5 Å². The monoisotopic (exact) mass is 205 g/mol. The maximum absolute atomic E-state index is 11.0. The van der Waals surface area contributed by atoms with Crippen LogP contribution in [0.1, 0.15) is 10.5 Å². The molecule has 2 aromatic rings. The van der Waals surface area contributed by atoms with Gasteiger partial charge in [-0.2, -0.15) is 0 Å². The summed E-state index contributed by atoms with van der Waals surface area (Å²) < 4.78 is 1.41. The molecule has 0 radical (unpaired) electrons. The lowest BCUT2D eigenvalue weighted by Crippen LogP contribution is -2.30. The third-order valence-electron chi connectivity index (χ3n) is 2.08. The minimum absolute atomic E-state index is 0.201. The Labute approximate surface area is 85.1 Å². The molecule has 0 bridgehead atoms. The molecule has 0 fully saturated rings. The van der Waals surface area contributed by atoms with Gasteiger partial charge in [0.2, 0.25) is 0 Å². The van der Waals surface area contributed by atoms with Crippen molar-refractivity contribution in [2.24, 2.45) is 5.73 Å². The van der Waals surface area contributed by atoms with Gasteiger partial charge >= 0.3 is 7.12 Å². The maximum atomic E-state index is 11.0. The number of primary amides is 1. The molecule has 0 saturated carbocycles. The lowest BCUT2D eigenvalue weighted by atomic mass is 9.82. The van der Waals surface area contributed by atoms with Crippen molar-refractivity contribution >= 4 is 24.1 Å². The Hall–Kier alpha value is -1.86. The first-order chi connectivity index (χ1) is 7.09. The molecule has 15 heavy (non-hydrogen) atoms. The molecule has 76 valence electrons. The van der Waals surface area contributed by atoms with Crippen molar-refractivity contribution in [3.63, 3.8) is 0 Å². The highest BCUT2D eigenvalue weighted by molar-refractivity contribution is 6.58. The Kier molecular flexibility index (Phi) is 2.18. The Morgan fingerprint density at radius 2 is 2.20 bits per heavy atom. The first-order valence-corrected chi connectivity index (χ1v) is 4.22. The summed E-state index contributed by atoms with van der Waals surface area (Å²) in [6, 6.07) is 3.08. The molecule has 0 aromatic carbocycles. The number of nitrogens with two attached hydrogens (primary N) is 1. The average Bonchev–Trinajstić information content (AvgIpc) is 2.59. The third kappa shape index (κ3) is 1.58. The van der Waals surface area contributed by atoms with Crippen molar-refractivity contribution < 1.29 is 14.8 Å². The largest absolute Gasteiger partial charge is 0.489 e. The van der Waals surface area contributed by atoms with E-state index in [1.54, 1.807) is 6.07 Å². The smallest absolute Gasteiger partial charge is 0.423 e.